The summed E-state index contributed by atoms with van der Waals surface area (Å²) < 4.78 is 0. The van der Waals surface area contributed by atoms with Crippen LogP contribution in [0.2, 0.25) is 0 Å². The van der Waals surface area contributed by atoms with Crippen molar-refractivity contribution < 1.29 is 4.79 Å². The lowest BCUT2D eigenvalue weighted by Crippen LogP contribution is -2.35. The van der Waals surface area contributed by atoms with Gasteiger partial charge in [0.25, 0.3) is 0 Å². The summed E-state index contributed by atoms with van der Waals surface area (Å²) in [6, 6.07) is 0. The molecule has 0 saturated carbocycles. The van der Waals surface area contributed by atoms with Gasteiger partial charge < -0.3 is 10.6 Å². The predicted octanol–water partition coefficient (Wildman–Crippen LogP) is 0.786. The average molecular weight is 211 g/mol. The number of aliphatic imine (C=N–C) groups is 1. The first-order valence-electron chi connectivity index (χ1n) is 5.66. The first-order valence-corrected chi connectivity index (χ1v) is 5.66. The van der Waals surface area contributed by atoms with Crippen molar-refractivity contribution in [2.75, 3.05) is 19.6 Å². The Kier molecular flexibility index (Phi) is 4.59. The van der Waals surface area contributed by atoms with E-state index in [4.69, 9.17) is 0 Å². The normalized spacial score (nSPS) is 17.2. The third kappa shape index (κ3) is 3.90. The SMILES string of the molecule is CC(C)C(C)C(=O)CCNC1=NCCN1. The van der Waals surface area contributed by atoms with Gasteiger partial charge in [-0.25, -0.2) is 0 Å². The fraction of sp³-hybridized carbons (Fsp3) is 0.818. The molecule has 0 amide bonds. The molecule has 0 saturated heterocycles. The molecule has 0 fully saturated rings. The lowest BCUT2D eigenvalue weighted by atomic mass is 9.92. The summed E-state index contributed by atoms with van der Waals surface area (Å²) in [5.74, 6) is 1.75. The fourth-order valence-corrected chi connectivity index (χ4v) is 1.42. The molecule has 0 aromatic heterocycles. The molecule has 1 heterocycles. The number of ketones is 1. The molecule has 1 aliphatic rings. The van der Waals surface area contributed by atoms with E-state index in [0.29, 0.717) is 24.7 Å². The van der Waals surface area contributed by atoms with Gasteiger partial charge in [0, 0.05) is 25.4 Å². The first kappa shape index (κ1) is 12.0. The van der Waals surface area contributed by atoms with E-state index in [1.165, 1.54) is 0 Å². The van der Waals surface area contributed by atoms with Gasteiger partial charge in [0.05, 0.1) is 6.54 Å². The van der Waals surface area contributed by atoms with Gasteiger partial charge in [-0.3, -0.25) is 9.79 Å². The number of carbonyl (C=O) groups is 1. The van der Waals surface area contributed by atoms with Gasteiger partial charge >= 0.3 is 0 Å². The van der Waals surface area contributed by atoms with E-state index in [9.17, 15) is 4.79 Å². The van der Waals surface area contributed by atoms with Crippen LogP contribution in [-0.4, -0.2) is 31.4 Å². The zero-order valence-electron chi connectivity index (χ0n) is 9.84. The molecule has 0 aliphatic carbocycles. The van der Waals surface area contributed by atoms with Crippen molar-refractivity contribution >= 4 is 11.7 Å². The number of carbonyl (C=O) groups excluding carboxylic acids is 1. The quantitative estimate of drug-likeness (QED) is 0.707. The highest BCUT2D eigenvalue weighted by Gasteiger charge is 2.16. The summed E-state index contributed by atoms with van der Waals surface area (Å²) in [6.45, 7) is 8.58. The second kappa shape index (κ2) is 5.73. The van der Waals surface area contributed by atoms with Crippen molar-refractivity contribution in [1.29, 1.82) is 0 Å². The number of nitrogens with zero attached hydrogens (tertiary/aromatic N) is 1. The molecule has 86 valence electrons. The van der Waals surface area contributed by atoms with Crippen molar-refractivity contribution in [1.82, 2.24) is 10.6 Å². The van der Waals surface area contributed by atoms with Gasteiger partial charge in [-0.15, -0.1) is 0 Å². The van der Waals surface area contributed by atoms with Gasteiger partial charge in [0.15, 0.2) is 5.96 Å². The number of rotatable bonds is 5. The summed E-state index contributed by atoms with van der Waals surface area (Å²) in [6.07, 6.45) is 0.583. The summed E-state index contributed by atoms with van der Waals surface area (Å²) in [5.41, 5.74) is 0. The fourth-order valence-electron chi connectivity index (χ4n) is 1.42. The Bertz CT molecular complexity index is 248. The van der Waals surface area contributed by atoms with Crippen molar-refractivity contribution in [3.05, 3.63) is 0 Å². The van der Waals surface area contributed by atoms with E-state index in [2.05, 4.69) is 29.5 Å². The van der Waals surface area contributed by atoms with Gasteiger partial charge in [0.1, 0.15) is 5.78 Å². The van der Waals surface area contributed by atoms with Crippen LogP contribution in [0, 0.1) is 11.8 Å². The van der Waals surface area contributed by atoms with E-state index in [0.717, 1.165) is 19.0 Å². The van der Waals surface area contributed by atoms with Crippen LogP contribution in [0.5, 0.6) is 0 Å². The Morgan fingerprint density at radius 3 is 2.80 bits per heavy atom. The van der Waals surface area contributed by atoms with Crippen LogP contribution < -0.4 is 10.6 Å². The number of Topliss-reactive ketones (excluding diaryl/α,β-unsaturated/α-hetero) is 1. The molecule has 1 rings (SSSR count). The smallest absolute Gasteiger partial charge is 0.191 e. The second-order valence-corrected chi connectivity index (χ2v) is 4.33. The van der Waals surface area contributed by atoms with E-state index in [1.807, 2.05) is 6.92 Å². The Morgan fingerprint density at radius 2 is 2.27 bits per heavy atom. The van der Waals surface area contributed by atoms with E-state index in [1.54, 1.807) is 0 Å². The number of hydrogen-bond acceptors (Lipinski definition) is 4. The maximum absolute atomic E-state index is 11.7. The number of hydrogen-bond donors (Lipinski definition) is 2. The van der Waals surface area contributed by atoms with Crippen LogP contribution in [0.25, 0.3) is 0 Å². The number of guanidine groups is 1. The minimum Gasteiger partial charge on any atom is -0.356 e. The topological polar surface area (TPSA) is 53.5 Å². The Balaban J connectivity index is 2.16. The number of nitrogens with one attached hydrogen (secondary N) is 2. The summed E-state index contributed by atoms with van der Waals surface area (Å²) >= 11 is 0. The molecular formula is C11H21N3O. The molecule has 0 bridgehead atoms. The molecule has 0 radical (unpaired) electrons. The largest absolute Gasteiger partial charge is 0.356 e. The maximum Gasteiger partial charge on any atom is 0.191 e. The van der Waals surface area contributed by atoms with Crippen LogP contribution in [0.1, 0.15) is 27.2 Å². The van der Waals surface area contributed by atoms with Crippen LogP contribution in [-0.2, 0) is 4.79 Å². The van der Waals surface area contributed by atoms with Crippen LogP contribution >= 0.6 is 0 Å². The summed E-state index contributed by atoms with van der Waals surface area (Å²) in [4.78, 5) is 15.9. The molecule has 0 aromatic rings. The van der Waals surface area contributed by atoms with Crippen LogP contribution in [0.15, 0.2) is 4.99 Å². The van der Waals surface area contributed by atoms with Gasteiger partial charge in [-0.1, -0.05) is 20.8 Å². The maximum atomic E-state index is 11.7. The van der Waals surface area contributed by atoms with Crippen molar-refractivity contribution in [3.63, 3.8) is 0 Å². The zero-order chi connectivity index (χ0) is 11.3. The Hall–Kier alpha value is -1.06. The monoisotopic (exact) mass is 211 g/mol. The molecule has 15 heavy (non-hydrogen) atoms. The van der Waals surface area contributed by atoms with Gasteiger partial charge in [-0.2, -0.15) is 0 Å². The van der Waals surface area contributed by atoms with E-state index in [-0.39, 0.29) is 5.92 Å². The van der Waals surface area contributed by atoms with Crippen molar-refractivity contribution in [2.45, 2.75) is 27.2 Å². The highest BCUT2D eigenvalue weighted by molar-refractivity contribution is 5.83. The molecule has 0 aromatic carbocycles. The molecule has 1 atom stereocenters. The van der Waals surface area contributed by atoms with Crippen LogP contribution in [0.3, 0.4) is 0 Å². The molecule has 2 N–H and O–H groups in total. The Morgan fingerprint density at radius 1 is 1.53 bits per heavy atom. The highest BCUT2D eigenvalue weighted by atomic mass is 16.1. The molecular weight excluding hydrogens is 190 g/mol. The average Bonchev–Trinajstić information content (AvgIpc) is 2.69. The predicted molar refractivity (Wildman–Crippen MR) is 61.9 cm³/mol. The highest BCUT2D eigenvalue weighted by Crippen LogP contribution is 2.11. The molecule has 0 spiro atoms. The zero-order valence-corrected chi connectivity index (χ0v) is 9.84. The summed E-state index contributed by atoms with van der Waals surface area (Å²) in [5, 5.41) is 6.23. The van der Waals surface area contributed by atoms with Gasteiger partial charge in [0.2, 0.25) is 0 Å². The first-order chi connectivity index (χ1) is 7.11. The molecule has 1 unspecified atom stereocenters. The third-order valence-electron chi connectivity index (χ3n) is 2.85. The lowest BCUT2D eigenvalue weighted by molar-refractivity contribution is -0.123. The van der Waals surface area contributed by atoms with Crippen molar-refractivity contribution in [2.24, 2.45) is 16.8 Å². The van der Waals surface area contributed by atoms with E-state index < -0.39 is 0 Å². The standard InChI is InChI=1S/C11H21N3O/c1-8(2)9(3)10(15)4-5-12-11-13-6-7-14-11/h8-9H,4-7H2,1-3H3,(H2,12,13,14). The summed E-state index contributed by atoms with van der Waals surface area (Å²) in [7, 11) is 0. The second-order valence-electron chi connectivity index (χ2n) is 4.33. The van der Waals surface area contributed by atoms with Crippen LogP contribution in [0.4, 0.5) is 0 Å². The minimum absolute atomic E-state index is 0.158. The molecule has 1 aliphatic heterocycles. The molecule has 4 nitrogen and oxygen atoms in total. The van der Waals surface area contributed by atoms with Crippen molar-refractivity contribution in [3.8, 4) is 0 Å². The Labute approximate surface area is 91.5 Å². The molecule has 4 heteroatoms. The van der Waals surface area contributed by atoms with Gasteiger partial charge in [-0.05, 0) is 5.92 Å². The minimum atomic E-state index is 0.158. The lowest BCUT2D eigenvalue weighted by Gasteiger charge is -2.14. The van der Waals surface area contributed by atoms with E-state index >= 15 is 0 Å². The third-order valence-corrected chi connectivity index (χ3v) is 2.85.